The predicted octanol–water partition coefficient (Wildman–Crippen LogP) is 3.86. The van der Waals surface area contributed by atoms with E-state index in [9.17, 15) is 0 Å². The summed E-state index contributed by atoms with van der Waals surface area (Å²) in [6.45, 7) is 4.39. The summed E-state index contributed by atoms with van der Waals surface area (Å²) < 4.78 is 5.94. The van der Waals surface area contributed by atoms with Crippen LogP contribution < -0.4 is 5.32 Å². The zero-order valence-electron chi connectivity index (χ0n) is 15.0. The van der Waals surface area contributed by atoms with Crippen LogP contribution in [0, 0.1) is 6.92 Å². The number of ether oxygens (including phenoxy) is 1. The van der Waals surface area contributed by atoms with Gasteiger partial charge in [-0.25, -0.2) is 9.97 Å². The molecule has 0 fully saturated rings. The molecular weight excluding hydrogens is 322 g/mol. The molecule has 0 bridgehead atoms. The number of nitrogens with zero attached hydrogens (tertiary/aromatic N) is 2. The highest BCUT2D eigenvalue weighted by atomic mass is 16.5. The minimum Gasteiger partial charge on any atom is -0.372 e. The van der Waals surface area contributed by atoms with Crippen molar-refractivity contribution in [2.24, 2.45) is 0 Å². The van der Waals surface area contributed by atoms with E-state index in [2.05, 4.69) is 58.6 Å². The summed E-state index contributed by atoms with van der Waals surface area (Å²) >= 11 is 0. The summed E-state index contributed by atoms with van der Waals surface area (Å²) in [4.78, 5) is 9.02. The summed E-state index contributed by atoms with van der Waals surface area (Å²) in [7, 11) is 0. The molecule has 4 rings (SSSR count). The lowest BCUT2D eigenvalue weighted by atomic mass is 9.97. The van der Waals surface area contributed by atoms with Crippen LogP contribution >= 0.6 is 0 Å². The van der Waals surface area contributed by atoms with Crippen LogP contribution in [0.3, 0.4) is 0 Å². The van der Waals surface area contributed by atoms with Crippen molar-refractivity contribution in [3.05, 3.63) is 83.2 Å². The van der Waals surface area contributed by atoms with Crippen LogP contribution in [0.1, 0.15) is 28.4 Å². The first kappa shape index (κ1) is 16.9. The van der Waals surface area contributed by atoms with Crippen molar-refractivity contribution < 1.29 is 4.74 Å². The van der Waals surface area contributed by atoms with Crippen molar-refractivity contribution in [2.45, 2.75) is 26.0 Å². The maximum absolute atomic E-state index is 5.94. The van der Waals surface area contributed by atoms with Crippen molar-refractivity contribution >= 4 is 0 Å². The Morgan fingerprint density at radius 3 is 2.77 bits per heavy atom. The molecule has 0 radical (unpaired) electrons. The van der Waals surface area contributed by atoms with Crippen molar-refractivity contribution in [1.82, 2.24) is 15.3 Å². The van der Waals surface area contributed by atoms with Gasteiger partial charge in [0.15, 0.2) is 5.82 Å². The summed E-state index contributed by atoms with van der Waals surface area (Å²) in [6, 6.07) is 16.8. The van der Waals surface area contributed by atoms with E-state index in [-0.39, 0.29) is 6.10 Å². The van der Waals surface area contributed by atoms with Gasteiger partial charge in [0.05, 0.1) is 12.7 Å². The zero-order valence-corrected chi connectivity index (χ0v) is 15.0. The molecule has 4 heteroatoms. The van der Waals surface area contributed by atoms with Gasteiger partial charge in [0, 0.05) is 36.6 Å². The second-order valence-electron chi connectivity index (χ2n) is 6.72. The average Bonchev–Trinajstić information content (AvgIpc) is 2.69. The standard InChI is InChI=1S/C22H23N3O/c1-16-5-4-7-19(11-16)22-24-13-17(14-25-22)12-23-15-21-20-8-3-2-6-18(20)9-10-26-21/h2-8,11,13-14,21,23H,9-10,12,15H2,1H3/t21-/m0/s1. The number of benzene rings is 2. The summed E-state index contributed by atoms with van der Waals surface area (Å²) in [5.41, 5.74) is 6.04. The molecule has 2 heterocycles. The van der Waals surface area contributed by atoms with E-state index < -0.39 is 0 Å². The number of hydrogen-bond acceptors (Lipinski definition) is 4. The normalized spacial score (nSPS) is 16.3. The maximum Gasteiger partial charge on any atom is 0.159 e. The van der Waals surface area contributed by atoms with E-state index in [0.717, 1.165) is 43.1 Å². The topological polar surface area (TPSA) is 47.0 Å². The predicted molar refractivity (Wildman–Crippen MR) is 103 cm³/mol. The Morgan fingerprint density at radius 1 is 1.08 bits per heavy atom. The zero-order chi connectivity index (χ0) is 17.8. The third-order valence-electron chi connectivity index (χ3n) is 4.73. The van der Waals surface area contributed by atoms with Crippen molar-refractivity contribution in [3.63, 3.8) is 0 Å². The van der Waals surface area contributed by atoms with Gasteiger partial charge in [-0.3, -0.25) is 0 Å². The number of aryl methyl sites for hydroxylation is 1. The minimum atomic E-state index is 0.118. The Morgan fingerprint density at radius 2 is 1.92 bits per heavy atom. The van der Waals surface area contributed by atoms with Crippen LogP contribution in [-0.2, 0) is 17.7 Å². The first-order valence-corrected chi connectivity index (χ1v) is 9.08. The summed E-state index contributed by atoms with van der Waals surface area (Å²) in [5.74, 6) is 0.766. The molecule has 1 aliphatic rings. The van der Waals surface area contributed by atoms with Crippen LogP contribution in [0.25, 0.3) is 11.4 Å². The molecule has 0 saturated heterocycles. The quantitative estimate of drug-likeness (QED) is 0.763. The second kappa shape index (κ2) is 7.77. The molecule has 1 N–H and O–H groups in total. The third-order valence-corrected chi connectivity index (χ3v) is 4.73. The molecule has 1 aliphatic heterocycles. The smallest absolute Gasteiger partial charge is 0.159 e. The maximum atomic E-state index is 5.94. The van der Waals surface area contributed by atoms with E-state index >= 15 is 0 Å². The molecule has 2 aromatic carbocycles. The molecule has 132 valence electrons. The average molecular weight is 345 g/mol. The lowest BCUT2D eigenvalue weighted by Crippen LogP contribution is -2.27. The molecular formula is C22H23N3O. The minimum absolute atomic E-state index is 0.118. The van der Waals surface area contributed by atoms with E-state index in [1.165, 1.54) is 16.7 Å². The van der Waals surface area contributed by atoms with Crippen molar-refractivity contribution in [1.29, 1.82) is 0 Å². The van der Waals surface area contributed by atoms with E-state index in [0.29, 0.717) is 0 Å². The van der Waals surface area contributed by atoms with Crippen molar-refractivity contribution in [2.75, 3.05) is 13.2 Å². The highest BCUT2D eigenvalue weighted by Crippen LogP contribution is 2.26. The number of aromatic nitrogens is 2. The van der Waals surface area contributed by atoms with Crippen molar-refractivity contribution in [3.8, 4) is 11.4 Å². The van der Waals surface area contributed by atoms with Gasteiger partial charge in [0.1, 0.15) is 0 Å². The lowest BCUT2D eigenvalue weighted by molar-refractivity contribution is 0.0423. The van der Waals surface area contributed by atoms with Gasteiger partial charge in [-0.1, -0.05) is 48.0 Å². The molecule has 1 aromatic heterocycles. The van der Waals surface area contributed by atoms with E-state index in [4.69, 9.17) is 4.74 Å². The Bertz CT molecular complexity index is 877. The largest absolute Gasteiger partial charge is 0.372 e. The molecule has 4 nitrogen and oxygen atoms in total. The highest BCUT2D eigenvalue weighted by molar-refractivity contribution is 5.55. The Balaban J connectivity index is 1.36. The van der Waals surface area contributed by atoms with E-state index in [1.54, 1.807) is 0 Å². The van der Waals surface area contributed by atoms with Gasteiger partial charge in [-0.15, -0.1) is 0 Å². The molecule has 0 amide bonds. The van der Waals surface area contributed by atoms with Gasteiger partial charge in [-0.05, 0) is 30.5 Å². The molecule has 1 atom stereocenters. The third kappa shape index (κ3) is 3.82. The van der Waals surface area contributed by atoms with Crippen LogP contribution in [0.15, 0.2) is 60.9 Å². The van der Waals surface area contributed by atoms with Gasteiger partial charge in [0.2, 0.25) is 0 Å². The van der Waals surface area contributed by atoms with Gasteiger partial charge in [0.25, 0.3) is 0 Å². The van der Waals surface area contributed by atoms with Gasteiger partial charge < -0.3 is 10.1 Å². The fourth-order valence-electron chi connectivity index (χ4n) is 3.37. The van der Waals surface area contributed by atoms with Crippen LogP contribution in [0.2, 0.25) is 0 Å². The fourth-order valence-corrected chi connectivity index (χ4v) is 3.37. The van der Waals surface area contributed by atoms with Crippen LogP contribution in [0.4, 0.5) is 0 Å². The van der Waals surface area contributed by atoms with Crippen LogP contribution in [0.5, 0.6) is 0 Å². The lowest BCUT2D eigenvalue weighted by Gasteiger charge is -2.26. The molecule has 0 spiro atoms. The molecule has 0 aliphatic carbocycles. The highest BCUT2D eigenvalue weighted by Gasteiger charge is 2.19. The first-order valence-electron chi connectivity index (χ1n) is 9.08. The van der Waals surface area contributed by atoms with Gasteiger partial charge >= 0.3 is 0 Å². The van der Waals surface area contributed by atoms with Crippen LogP contribution in [-0.4, -0.2) is 23.1 Å². The Hall–Kier alpha value is -2.56. The second-order valence-corrected chi connectivity index (χ2v) is 6.72. The Labute approximate surface area is 154 Å². The molecule has 0 unspecified atom stereocenters. The number of hydrogen-bond donors (Lipinski definition) is 1. The van der Waals surface area contributed by atoms with E-state index in [1.807, 2.05) is 24.5 Å². The molecule has 3 aromatic rings. The summed E-state index contributed by atoms with van der Waals surface area (Å²) in [5, 5.41) is 3.48. The SMILES string of the molecule is Cc1cccc(-c2ncc(CNC[C@@H]3OCCc4ccccc43)cn2)c1. The first-order chi connectivity index (χ1) is 12.8. The fraction of sp³-hybridized carbons (Fsp3) is 0.273. The molecule has 0 saturated carbocycles. The molecule has 26 heavy (non-hydrogen) atoms. The monoisotopic (exact) mass is 345 g/mol. The van der Waals surface area contributed by atoms with Gasteiger partial charge in [-0.2, -0.15) is 0 Å². The number of nitrogens with one attached hydrogen (secondary N) is 1. The number of fused-ring (bicyclic) bond motifs is 1. The number of rotatable bonds is 5. The Kier molecular flexibility index (Phi) is 5.04. The summed E-state index contributed by atoms with van der Waals surface area (Å²) in [6.07, 6.45) is 4.91.